The Kier molecular flexibility index (Phi) is 6.98. The molecule has 0 saturated carbocycles. The van der Waals surface area contributed by atoms with Gasteiger partial charge in [-0.2, -0.15) is 0 Å². The molecule has 0 bridgehead atoms. The third-order valence-electron chi connectivity index (χ3n) is 3.22. The van der Waals surface area contributed by atoms with Gasteiger partial charge in [0.25, 0.3) is 0 Å². The number of allylic oxidation sites excluding steroid dienone is 5. The number of hydrogen-bond acceptors (Lipinski definition) is 4. The third kappa shape index (κ3) is 6.02. The molecule has 0 saturated heterocycles. The van der Waals surface area contributed by atoms with Crippen molar-refractivity contribution in [1.29, 1.82) is 0 Å². The summed E-state index contributed by atoms with van der Waals surface area (Å²) in [5.74, 6) is 1.34. The fraction of sp³-hybridized carbons (Fsp3) is 0.316. The van der Waals surface area contributed by atoms with Crippen LogP contribution in [0.4, 0.5) is 0 Å². The van der Waals surface area contributed by atoms with Gasteiger partial charge in [-0.1, -0.05) is 36.4 Å². The molecule has 0 aromatic heterocycles. The molecule has 1 aliphatic rings. The second-order valence-electron chi connectivity index (χ2n) is 4.98. The first kappa shape index (κ1) is 16.9. The molecule has 1 aromatic rings. The molecule has 23 heavy (non-hydrogen) atoms. The van der Waals surface area contributed by atoms with Gasteiger partial charge in [0.05, 0.1) is 6.61 Å². The fourth-order valence-corrected chi connectivity index (χ4v) is 2.10. The minimum absolute atomic E-state index is 0.305. The summed E-state index contributed by atoms with van der Waals surface area (Å²) in [6.45, 7) is 2.50. The molecular formula is C19H22O4. The van der Waals surface area contributed by atoms with E-state index in [0.717, 1.165) is 30.8 Å². The molecule has 0 N–H and O–H groups in total. The molecule has 0 spiro atoms. The van der Waals surface area contributed by atoms with E-state index in [2.05, 4.69) is 18.2 Å². The molecule has 1 aromatic carbocycles. The lowest BCUT2D eigenvalue weighted by molar-refractivity contribution is -0.137. The van der Waals surface area contributed by atoms with Crippen LogP contribution in [0, 0.1) is 0 Å². The van der Waals surface area contributed by atoms with Crippen molar-refractivity contribution in [3.05, 3.63) is 60.2 Å². The average Bonchev–Trinajstić information content (AvgIpc) is 3.01. The van der Waals surface area contributed by atoms with Crippen molar-refractivity contribution >= 4 is 5.97 Å². The molecule has 1 heterocycles. The number of carbonyl (C=O) groups excluding carboxylic acids is 1. The molecule has 1 aliphatic heterocycles. The van der Waals surface area contributed by atoms with E-state index in [0.29, 0.717) is 13.4 Å². The van der Waals surface area contributed by atoms with Crippen molar-refractivity contribution in [3.63, 3.8) is 0 Å². The summed E-state index contributed by atoms with van der Waals surface area (Å²) in [6.07, 6.45) is 14.1. The Balaban J connectivity index is 1.63. The van der Waals surface area contributed by atoms with Crippen LogP contribution >= 0.6 is 0 Å². The van der Waals surface area contributed by atoms with Crippen LogP contribution in [-0.4, -0.2) is 19.4 Å². The normalized spacial score (nSPS) is 13.4. The zero-order valence-electron chi connectivity index (χ0n) is 13.4. The van der Waals surface area contributed by atoms with Crippen molar-refractivity contribution in [2.75, 3.05) is 13.4 Å². The molecule has 0 unspecified atom stereocenters. The summed E-state index contributed by atoms with van der Waals surface area (Å²) >= 11 is 0. The van der Waals surface area contributed by atoms with Crippen molar-refractivity contribution in [2.45, 2.75) is 26.2 Å². The molecule has 4 heteroatoms. The van der Waals surface area contributed by atoms with Crippen LogP contribution in [0.2, 0.25) is 0 Å². The van der Waals surface area contributed by atoms with Gasteiger partial charge in [0.1, 0.15) is 0 Å². The van der Waals surface area contributed by atoms with Crippen LogP contribution < -0.4 is 9.47 Å². The first-order valence-electron chi connectivity index (χ1n) is 7.83. The van der Waals surface area contributed by atoms with Crippen molar-refractivity contribution < 1.29 is 19.0 Å². The lowest BCUT2D eigenvalue weighted by atomic mass is 10.1. The molecule has 0 aliphatic carbocycles. The van der Waals surface area contributed by atoms with Crippen molar-refractivity contribution in [1.82, 2.24) is 0 Å². The predicted octanol–water partition coefficient (Wildman–Crippen LogP) is 3.97. The van der Waals surface area contributed by atoms with E-state index < -0.39 is 0 Å². The Labute approximate surface area is 137 Å². The van der Waals surface area contributed by atoms with E-state index in [4.69, 9.17) is 14.2 Å². The van der Waals surface area contributed by atoms with E-state index >= 15 is 0 Å². The van der Waals surface area contributed by atoms with Gasteiger partial charge in [-0.25, -0.2) is 4.79 Å². The lowest BCUT2D eigenvalue weighted by Crippen LogP contribution is -1.98. The summed E-state index contributed by atoms with van der Waals surface area (Å²) in [5.41, 5.74) is 1.21. The maximum atomic E-state index is 11.1. The zero-order chi connectivity index (χ0) is 16.3. The number of esters is 1. The number of ether oxygens (including phenoxy) is 3. The van der Waals surface area contributed by atoms with E-state index in [-0.39, 0.29) is 5.97 Å². The average molecular weight is 314 g/mol. The minimum Gasteiger partial charge on any atom is -0.463 e. The smallest absolute Gasteiger partial charge is 0.330 e. The molecule has 0 fully saturated rings. The highest BCUT2D eigenvalue weighted by Crippen LogP contribution is 2.32. The largest absolute Gasteiger partial charge is 0.463 e. The fourth-order valence-electron chi connectivity index (χ4n) is 2.10. The predicted molar refractivity (Wildman–Crippen MR) is 89.6 cm³/mol. The van der Waals surface area contributed by atoms with Crippen molar-refractivity contribution in [3.8, 4) is 11.5 Å². The number of unbranched alkanes of at least 4 members (excludes halogenated alkanes) is 1. The maximum Gasteiger partial charge on any atom is 0.330 e. The maximum absolute atomic E-state index is 11.1. The van der Waals surface area contributed by atoms with Gasteiger partial charge >= 0.3 is 5.97 Å². The van der Waals surface area contributed by atoms with Crippen LogP contribution in [-0.2, 0) is 16.0 Å². The SMILES string of the molecule is CCOC(=O)/C=C/C=C/CC/C=C/Cc1ccc2c(c1)OCO2. The monoisotopic (exact) mass is 314 g/mol. The summed E-state index contributed by atoms with van der Waals surface area (Å²) in [5, 5.41) is 0. The summed E-state index contributed by atoms with van der Waals surface area (Å²) in [4.78, 5) is 11.1. The Bertz CT molecular complexity index is 599. The highest BCUT2D eigenvalue weighted by molar-refractivity contribution is 5.82. The Morgan fingerprint density at radius 3 is 2.83 bits per heavy atom. The van der Waals surface area contributed by atoms with Crippen LogP contribution in [0.15, 0.2) is 54.7 Å². The molecular weight excluding hydrogens is 292 g/mol. The van der Waals surface area contributed by atoms with E-state index in [1.54, 1.807) is 13.0 Å². The number of fused-ring (bicyclic) bond motifs is 1. The highest BCUT2D eigenvalue weighted by Gasteiger charge is 2.12. The van der Waals surface area contributed by atoms with Gasteiger partial charge < -0.3 is 14.2 Å². The van der Waals surface area contributed by atoms with Gasteiger partial charge in [0, 0.05) is 6.08 Å². The van der Waals surface area contributed by atoms with Gasteiger partial charge in [0.15, 0.2) is 11.5 Å². The lowest BCUT2D eigenvalue weighted by Gasteiger charge is -1.99. The van der Waals surface area contributed by atoms with Crippen LogP contribution in [0.5, 0.6) is 11.5 Å². The van der Waals surface area contributed by atoms with E-state index in [9.17, 15) is 4.79 Å². The highest BCUT2D eigenvalue weighted by atomic mass is 16.7. The first-order chi connectivity index (χ1) is 11.3. The van der Waals surface area contributed by atoms with E-state index in [1.807, 2.05) is 24.3 Å². The zero-order valence-corrected chi connectivity index (χ0v) is 13.4. The number of hydrogen-bond donors (Lipinski definition) is 0. The number of carbonyl (C=O) groups is 1. The Morgan fingerprint density at radius 2 is 1.96 bits per heavy atom. The first-order valence-corrected chi connectivity index (χ1v) is 7.83. The molecule has 2 rings (SSSR count). The van der Waals surface area contributed by atoms with Gasteiger partial charge in [-0.15, -0.1) is 0 Å². The summed E-state index contributed by atoms with van der Waals surface area (Å²) in [7, 11) is 0. The molecule has 122 valence electrons. The number of benzene rings is 1. The molecule has 0 radical (unpaired) electrons. The van der Waals surface area contributed by atoms with Crippen molar-refractivity contribution in [2.24, 2.45) is 0 Å². The third-order valence-corrected chi connectivity index (χ3v) is 3.22. The minimum atomic E-state index is -0.305. The van der Waals surface area contributed by atoms with Gasteiger partial charge in [0.2, 0.25) is 6.79 Å². The molecule has 0 atom stereocenters. The number of rotatable bonds is 8. The van der Waals surface area contributed by atoms with Crippen LogP contribution in [0.3, 0.4) is 0 Å². The quantitative estimate of drug-likeness (QED) is 0.239. The Hall–Kier alpha value is -2.49. The standard InChI is InChI=1S/C19H22O4/c1-2-21-19(20)11-9-7-5-3-4-6-8-10-16-12-13-17-18(14-16)23-15-22-17/h5-9,11-14H,2-4,10,15H2,1H3/b7-5+,8-6+,11-9+. The van der Waals surface area contributed by atoms with E-state index in [1.165, 1.54) is 11.6 Å². The molecule has 0 amide bonds. The van der Waals surface area contributed by atoms with Gasteiger partial charge in [-0.05, 0) is 43.9 Å². The summed E-state index contributed by atoms with van der Waals surface area (Å²) < 4.78 is 15.4. The summed E-state index contributed by atoms with van der Waals surface area (Å²) in [6, 6.07) is 6.02. The van der Waals surface area contributed by atoms with Crippen LogP contribution in [0.25, 0.3) is 0 Å². The second kappa shape index (κ2) is 9.51. The Morgan fingerprint density at radius 1 is 1.13 bits per heavy atom. The second-order valence-corrected chi connectivity index (χ2v) is 4.98. The topological polar surface area (TPSA) is 44.8 Å². The van der Waals surface area contributed by atoms with Crippen LogP contribution in [0.1, 0.15) is 25.3 Å². The molecule has 4 nitrogen and oxygen atoms in total. The van der Waals surface area contributed by atoms with Gasteiger partial charge in [-0.3, -0.25) is 0 Å².